The minimum Gasteiger partial charge on any atom is -0.368 e. The van der Waals surface area contributed by atoms with Crippen molar-refractivity contribution in [2.24, 2.45) is 12.8 Å². The molecule has 2 atom stereocenters. The normalized spacial score (nSPS) is 27.6. The van der Waals surface area contributed by atoms with E-state index in [1.165, 1.54) is 0 Å². The molecule has 18 heavy (non-hydrogen) atoms. The summed E-state index contributed by atoms with van der Waals surface area (Å²) in [6.07, 6.45) is 6.50. The van der Waals surface area contributed by atoms with Gasteiger partial charge in [-0.1, -0.05) is 6.92 Å². The predicted molar refractivity (Wildman–Crippen MR) is 72.3 cm³/mol. The number of thioether (sulfide) groups is 1. The van der Waals surface area contributed by atoms with Crippen LogP contribution >= 0.6 is 11.8 Å². The number of nitrogens with two attached hydrogens (primary N) is 1. The molecule has 1 fully saturated rings. The predicted octanol–water partition coefficient (Wildman–Crippen LogP) is 0.898. The Morgan fingerprint density at radius 2 is 2.56 bits per heavy atom. The van der Waals surface area contributed by atoms with Crippen molar-refractivity contribution in [1.82, 2.24) is 15.1 Å². The molecule has 1 aliphatic carbocycles. The van der Waals surface area contributed by atoms with Gasteiger partial charge in [-0.25, -0.2) is 0 Å². The van der Waals surface area contributed by atoms with Gasteiger partial charge in [0.1, 0.15) is 0 Å². The Kier molecular flexibility index (Phi) is 3.97. The van der Waals surface area contributed by atoms with Crippen LogP contribution in [0.2, 0.25) is 0 Å². The molecule has 1 aromatic heterocycles. The number of carbonyl (C=O) groups is 1. The fraction of sp³-hybridized carbons (Fsp3) is 0.667. The van der Waals surface area contributed by atoms with Crippen molar-refractivity contribution in [2.45, 2.75) is 41.9 Å². The highest BCUT2D eigenvalue weighted by molar-refractivity contribution is 8.00. The second kappa shape index (κ2) is 5.32. The van der Waals surface area contributed by atoms with E-state index in [9.17, 15) is 4.79 Å². The number of nitrogens with one attached hydrogen (secondary N) is 1. The van der Waals surface area contributed by atoms with E-state index in [0.717, 1.165) is 30.7 Å². The molecule has 2 rings (SSSR count). The van der Waals surface area contributed by atoms with Crippen LogP contribution in [-0.2, 0) is 11.8 Å². The van der Waals surface area contributed by atoms with Gasteiger partial charge in [0.25, 0.3) is 0 Å². The van der Waals surface area contributed by atoms with Crippen LogP contribution in [0.4, 0.5) is 0 Å². The molecule has 5 nitrogen and oxygen atoms in total. The Labute approximate surface area is 111 Å². The Morgan fingerprint density at radius 3 is 3.11 bits per heavy atom. The number of hydrogen-bond donors (Lipinski definition) is 2. The number of primary amides is 1. The highest BCUT2D eigenvalue weighted by Gasteiger charge is 2.43. The third kappa shape index (κ3) is 2.70. The zero-order chi connectivity index (χ0) is 13.2. The standard InChI is InChI=1S/C12H20N4OS/c1-3-14-12(11(13)17)5-4-9(6-12)18-10-7-15-16(2)8-10/h7-9,14H,3-6H2,1-2H3,(H2,13,17). The van der Waals surface area contributed by atoms with Gasteiger partial charge >= 0.3 is 0 Å². The maximum absolute atomic E-state index is 11.6. The van der Waals surface area contributed by atoms with E-state index in [4.69, 9.17) is 5.73 Å². The van der Waals surface area contributed by atoms with E-state index < -0.39 is 5.54 Å². The lowest BCUT2D eigenvalue weighted by Gasteiger charge is -2.26. The molecule has 2 unspecified atom stereocenters. The summed E-state index contributed by atoms with van der Waals surface area (Å²) in [5.74, 6) is -0.223. The molecule has 0 aliphatic heterocycles. The van der Waals surface area contributed by atoms with Crippen molar-refractivity contribution >= 4 is 17.7 Å². The largest absolute Gasteiger partial charge is 0.368 e. The maximum Gasteiger partial charge on any atom is 0.237 e. The number of aromatic nitrogens is 2. The van der Waals surface area contributed by atoms with Crippen LogP contribution in [0.1, 0.15) is 26.2 Å². The number of rotatable bonds is 5. The SMILES string of the molecule is CCNC1(C(N)=O)CCC(Sc2cnn(C)c2)C1. The number of nitrogens with zero attached hydrogens (tertiary/aromatic N) is 2. The van der Waals surface area contributed by atoms with Crippen molar-refractivity contribution in [3.8, 4) is 0 Å². The Hall–Kier alpha value is -1.01. The summed E-state index contributed by atoms with van der Waals surface area (Å²) in [7, 11) is 1.91. The third-order valence-corrected chi connectivity index (χ3v) is 4.66. The molecular formula is C12H20N4OS. The van der Waals surface area contributed by atoms with Crippen LogP contribution in [0.15, 0.2) is 17.3 Å². The quantitative estimate of drug-likeness (QED) is 0.832. The number of carbonyl (C=O) groups excluding carboxylic acids is 1. The van der Waals surface area contributed by atoms with Crippen LogP contribution in [-0.4, -0.2) is 33.0 Å². The molecule has 1 amide bonds. The Balaban J connectivity index is 2.00. The first kappa shape index (κ1) is 13.4. The smallest absolute Gasteiger partial charge is 0.237 e. The van der Waals surface area contributed by atoms with Gasteiger partial charge in [-0.15, -0.1) is 11.8 Å². The van der Waals surface area contributed by atoms with E-state index in [1.54, 1.807) is 16.4 Å². The second-order valence-electron chi connectivity index (χ2n) is 4.81. The summed E-state index contributed by atoms with van der Waals surface area (Å²) in [6.45, 7) is 2.78. The highest BCUT2D eigenvalue weighted by Crippen LogP contribution is 2.39. The van der Waals surface area contributed by atoms with Gasteiger partial charge in [-0.05, 0) is 25.8 Å². The summed E-state index contributed by atoms with van der Waals surface area (Å²) >= 11 is 1.79. The third-order valence-electron chi connectivity index (χ3n) is 3.44. The summed E-state index contributed by atoms with van der Waals surface area (Å²) < 4.78 is 1.79. The molecule has 1 aliphatic rings. The number of amides is 1. The molecule has 0 spiro atoms. The summed E-state index contributed by atoms with van der Waals surface area (Å²) in [6, 6.07) is 0. The zero-order valence-electron chi connectivity index (χ0n) is 10.8. The average Bonchev–Trinajstić information content (AvgIpc) is 2.88. The fourth-order valence-electron chi connectivity index (χ4n) is 2.56. The monoisotopic (exact) mass is 268 g/mol. The summed E-state index contributed by atoms with van der Waals surface area (Å²) in [5.41, 5.74) is 5.05. The van der Waals surface area contributed by atoms with Crippen LogP contribution in [0.25, 0.3) is 0 Å². The molecule has 0 radical (unpaired) electrons. The molecular weight excluding hydrogens is 248 g/mol. The first-order valence-corrected chi connectivity index (χ1v) is 7.14. The topological polar surface area (TPSA) is 72.9 Å². The zero-order valence-corrected chi connectivity index (χ0v) is 11.7. The average molecular weight is 268 g/mol. The lowest BCUT2D eigenvalue weighted by molar-refractivity contribution is -0.124. The molecule has 0 saturated heterocycles. The first-order chi connectivity index (χ1) is 8.55. The lowest BCUT2D eigenvalue weighted by Crippen LogP contribution is -2.53. The fourth-order valence-corrected chi connectivity index (χ4v) is 3.87. The van der Waals surface area contributed by atoms with Crippen molar-refractivity contribution in [1.29, 1.82) is 0 Å². The van der Waals surface area contributed by atoms with Gasteiger partial charge in [0.05, 0.1) is 11.7 Å². The number of hydrogen-bond acceptors (Lipinski definition) is 4. The van der Waals surface area contributed by atoms with Crippen LogP contribution in [0.3, 0.4) is 0 Å². The van der Waals surface area contributed by atoms with Crippen LogP contribution in [0, 0.1) is 0 Å². The van der Waals surface area contributed by atoms with Gasteiger partial charge < -0.3 is 11.1 Å². The minimum atomic E-state index is -0.505. The summed E-state index contributed by atoms with van der Waals surface area (Å²) in [5, 5.41) is 7.86. The summed E-state index contributed by atoms with van der Waals surface area (Å²) in [4.78, 5) is 12.8. The van der Waals surface area contributed by atoms with Gasteiger partial charge in [0, 0.05) is 23.4 Å². The minimum absolute atomic E-state index is 0.223. The molecule has 1 aromatic rings. The van der Waals surface area contributed by atoms with Crippen LogP contribution < -0.4 is 11.1 Å². The van der Waals surface area contributed by atoms with E-state index in [1.807, 2.05) is 26.4 Å². The molecule has 6 heteroatoms. The van der Waals surface area contributed by atoms with Gasteiger partial charge in [-0.3, -0.25) is 9.48 Å². The second-order valence-corrected chi connectivity index (χ2v) is 6.18. The van der Waals surface area contributed by atoms with Crippen molar-refractivity contribution in [2.75, 3.05) is 6.54 Å². The number of likely N-dealkylation sites (N-methyl/N-ethyl adjacent to an activating group) is 1. The maximum atomic E-state index is 11.6. The lowest BCUT2D eigenvalue weighted by atomic mass is 9.97. The van der Waals surface area contributed by atoms with E-state index in [0.29, 0.717) is 5.25 Å². The van der Waals surface area contributed by atoms with E-state index >= 15 is 0 Å². The molecule has 0 bridgehead atoms. The van der Waals surface area contributed by atoms with Gasteiger partial charge in [0.15, 0.2) is 0 Å². The Bertz CT molecular complexity index is 433. The van der Waals surface area contributed by atoms with Crippen LogP contribution in [0.5, 0.6) is 0 Å². The van der Waals surface area contributed by atoms with E-state index in [2.05, 4.69) is 10.4 Å². The molecule has 1 saturated carbocycles. The molecule has 100 valence electrons. The van der Waals surface area contributed by atoms with Crippen molar-refractivity contribution in [3.05, 3.63) is 12.4 Å². The number of aryl methyl sites for hydroxylation is 1. The molecule has 3 N–H and O–H groups in total. The molecule has 0 aromatic carbocycles. The first-order valence-electron chi connectivity index (χ1n) is 6.26. The Morgan fingerprint density at radius 1 is 1.78 bits per heavy atom. The highest BCUT2D eigenvalue weighted by atomic mass is 32.2. The van der Waals surface area contributed by atoms with Gasteiger partial charge in [-0.2, -0.15) is 5.10 Å². The van der Waals surface area contributed by atoms with E-state index in [-0.39, 0.29) is 5.91 Å². The molecule has 1 heterocycles. The van der Waals surface area contributed by atoms with Gasteiger partial charge in [0.2, 0.25) is 5.91 Å². The van der Waals surface area contributed by atoms with Crippen molar-refractivity contribution < 1.29 is 4.79 Å². The van der Waals surface area contributed by atoms with Crippen molar-refractivity contribution in [3.63, 3.8) is 0 Å².